The van der Waals surface area contributed by atoms with E-state index in [1.165, 1.54) is 0 Å². The first-order valence-corrected chi connectivity index (χ1v) is 5.56. The highest BCUT2D eigenvalue weighted by Gasteiger charge is 2.39. The molecule has 0 N–H and O–H groups in total. The zero-order valence-corrected chi connectivity index (χ0v) is 9.46. The van der Waals surface area contributed by atoms with Gasteiger partial charge in [0.2, 0.25) is 0 Å². The molecule has 0 unspecified atom stereocenters. The number of rotatable bonds is 6. The summed E-state index contributed by atoms with van der Waals surface area (Å²) in [7, 11) is -4.82. The Hall–Kier alpha value is -1.29. The van der Waals surface area contributed by atoms with Gasteiger partial charge in [0.25, 0.3) is 0 Å². The molecule has 0 aromatic carbocycles. The van der Waals surface area contributed by atoms with Gasteiger partial charge in [-0.2, -0.15) is 8.78 Å². The molecule has 0 spiro atoms. The number of halogens is 2. The second-order valence-electron chi connectivity index (χ2n) is 2.83. The molecule has 0 aliphatic carbocycles. The van der Waals surface area contributed by atoms with Crippen LogP contribution in [0.3, 0.4) is 0 Å². The van der Waals surface area contributed by atoms with Crippen LogP contribution in [0, 0.1) is 0 Å². The minimum Gasteiger partial charge on any atom is -0.743 e. The van der Waals surface area contributed by atoms with Crippen LogP contribution in [0.15, 0.2) is 0 Å². The van der Waals surface area contributed by atoms with Crippen molar-refractivity contribution in [2.75, 3.05) is 13.7 Å². The van der Waals surface area contributed by atoms with Gasteiger partial charge in [0.15, 0.2) is 16.7 Å². The van der Waals surface area contributed by atoms with Crippen LogP contribution in [0.1, 0.15) is 12.8 Å². The van der Waals surface area contributed by atoms with E-state index in [1.54, 1.807) is 0 Å². The number of methoxy groups -OCH3 is 1. The fourth-order valence-corrected chi connectivity index (χ4v) is 0.818. The molecule has 0 amide bonds. The van der Waals surface area contributed by atoms with Crippen LogP contribution < -0.4 is 0 Å². The number of alkyl halides is 2. The summed E-state index contributed by atoms with van der Waals surface area (Å²) in [4.78, 5) is 21.3. The predicted octanol–water partition coefficient (Wildman–Crippen LogP) is -0.379. The molecular formula is C7H9F2O7S-. The summed E-state index contributed by atoms with van der Waals surface area (Å²) in [5, 5.41) is -4.69. The summed E-state index contributed by atoms with van der Waals surface area (Å²) in [5.74, 6) is -2.00. The molecule has 0 aliphatic rings. The van der Waals surface area contributed by atoms with Crippen molar-refractivity contribution in [1.82, 2.24) is 0 Å². The normalized spacial score (nSPS) is 12.0. The monoisotopic (exact) mass is 275 g/mol. The van der Waals surface area contributed by atoms with E-state index in [0.29, 0.717) is 0 Å². The van der Waals surface area contributed by atoms with Gasteiger partial charge < -0.3 is 14.0 Å². The molecule has 0 atom stereocenters. The average Bonchev–Trinajstić information content (AvgIpc) is 2.21. The van der Waals surface area contributed by atoms with Gasteiger partial charge in [-0.25, -0.2) is 8.42 Å². The molecular weight excluding hydrogens is 266 g/mol. The van der Waals surface area contributed by atoms with Crippen molar-refractivity contribution < 1.29 is 40.8 Å². The Morgan fingerprint density at radius 1 is 1.24 bits per heavy atom. The van der Waals surface area contributed by atoms with Crippen LogP contribution in [0.5, 0.6) is 0 Å². The first-order chi connectivity index (χ1) is 7.60. The van der Waals surface area contributed by atoms with E-state index in [1.807, 2.05) is 0 Å². The second kappa shape index (κ2) is 5.87. The molecule has 0 saturated heterocycles. The van der Waals surface area contributed by atoms with E-state index in [2.05, 4.69) is 9.47 Å². The maximum atomic E-state index is 12.5. The molecule has 0 radical (unpaired) electrons. The van der Waals surface area contributed by atoms with Gasteiger partial charge >= 0.3 is 17.2 Å². The lowest BCUT2D eigenvalue weighted by molar-refractivity contribution is -0.153. The SMILES string of the molecule is COC(=O)CCC(=O)OCC(F)(F)S(=O)(=O)[O-]. The lowest BCUT2D eigenvalue weighted by atomic mass is 10.3. The predicted molar refractivity (Wildman–Crippen MR) is 46.9 cm³/mol. The molecule has 0 rings (SSSR count). The number of hydrogen-bond acceptors (Lipinski definition) is 7. The lowest BCUT2D eigenvalue weighted by Gasteiger charge is -2.19. The molecule has 0 aromatic heterocycles. The quantitative estimate of drug-likeness (QED) is 0.480. The van der Waals surface area contributed by atoms with Crippen LogP contribution in [-0.4, -0.2) is 43.9 Å². The van der Waals surface area contributed by atoms with Gasteiger partial charge in [0.05, 0.1) is 20.0 Å². The van der Waals surface area contributed by atoms with Crippen molar-refractivity contribution in [3.63, 3.8) is 0 Å². The summed E-state index contributed by atoms with van der Waals surface area (Å²) in [6.45, 7) is -1.88. The summed E-state index contributed by atoms with van der Waals surface area (Å²) >= 11 is 0. The second-order valence-corrected chi connectivity index (χ2v) is 4.33. The lowest BCUT2D eigenvalue weighted by Crippen LogP contribution is -2.34. The number of ether oxygens (including phenoxy) is 2. The van der Waals surface area contributed by atoms with Crippen LogP contribution in [-0.2, 0) is 29.2 Å². The Balaban J connectivity index is 4.13. The molecule has 17 heavy (non-hydrogen) atoms. The molecule has 7 nitrogen and oxygen atoms in total. The average molecular weight is 275 g/mol. The number of esters is 2. The highest BCUT2D eigenvalue weighted by atomic mass is 32.2. The summed E-state index contributed by atoms with van der Waals surface area (Å²) in [6, 6.07) is 0. The summed E-state index contributed by atoms with van der Waals surface area (Å²) < 4.78 is 63.0. The minimum absolute atomic E-state index is 0.398. The summed E-state index contributed by atoms with van der Waals surface area (Å²) in [5.41, 5.74) is 0. The van der Waals surface area contributed by atoms with Gasteiger partial charge in [0.1, 0.15) is 0 Å². The van der Waals surface area contributed by atoms with Crippen LogP contribution in [0.4, 0.5) is 8.78 Å². The Morgan fingerprint density at radius 3 is 2.12 bits per heavy atom. The van der Waals surface area contributed by atoms with Gasteiger partial charge in [-0.15, -0.1) is 0 Å². The van der Waals surface area contributed by atoms with Crippen LogP contribution >= 0.6 is 0 Å². The van der Waals surface area contributed by atoms with Crippen LogP contribution in [0.2, 0.25) is 0 Å². The van der Waals surface area contributed by atoms with Crippen molar-refractivity contribution in [2.24, 2.45) is 0 Å². The molecule has 0 bridgehead atoms. The standard InChI is InChI=1S/C7H10F2O7S/c1-15-5(10)2-3-6(11)16-4-7(8,9)17(12,13)14/h2-4H2,1H3,(H,12,13,14)/p-1. The minimum atomic E-state index is -5.89. The third kappa shape index (κ3) is 5.54. The van der Waals surface area contributed by atoms with Gasteiger partial charge in [0, 0.05) is 0 Å². The van der Waals surface area contributed by atoms with E-state index in [0.717, 1.165) is 7.11 Å². The maximum absolute atomic E-state index is 12.5. The molecule has 100 valence electrons. The number of carbonyl (C=O) groups excluding carboxylic acids is 2. The van der Waals surface area contributed by atoms with E-state index >= 15 is 0 Å². The number of carbonyl (C=O) groups is 2. The van der Waals surface area contributed by atoms with E-state index in [-0.39, 0.29) is 0 Å². The topological polar surface area (TPSA) is 110 Å². The Kier molecular flexibility index (Phi) is 5.42. The highest BCUT2D eigenvalue weighted by molar-refractivity contribution is 7.86. The molecule has 0 saturated carbocycles. The van der Waals surface area contributed by atoms with Crippen molar-refractivity contribution in [1.29, 1.82) is 0 Å². The molecule has 0 fully saturated rings. The largest absolute Gasteiger partial charge is 0.743 e. The molecule has 0 heterocycles. The van der Waals surface area contributed by atoms with Gasteiger partial charge in [-0.05, 0) is 0 Å². The highest BCUT2D eigenvalue weighted by Crippen LogP contribution is 2.20. The Labute approximate surface area is 95.4 Å². The van der Waals surface area contributed by atoms with Gasteiger partial charge in [-0.3, -0.25) is 9.59 Å². The molecule has 10 heteroatoms. The third-order valence-corrected chi connectivity index (χ3v) is 2.38. The van der Waals surface area contributed by atoms with E-state index in [4.69, 9.17) is 0 Å². The Morgan fingerprint density at radius 2 is 1.71 bits per heavy atom. The first kappa shape index (κ1) is 15.7. The van der Waals surface area contributed by atoms with Crippen molar-refractivity contribution in [3.8, 4) is 0 Å². The zero-order chi connectivity index (χ0) is 13.7. The van der Waals surface area contributed by atoms with Crippen molar-refractivity contribution >= 4 is 22.1 Å². The molecule has 0 aromatic rings. The van der Waals surface area contributed by atoms with Crippen LogP contribution in [0.25, 0.3) is 0 Å². The summed E-state index contributed by atoms with van der Waals surface area (Å²) in [6.07, 6.45) is -0.952. The number of hydrogen-bond donors (Lipinski definition) is 0. The third-order valence-electron chi connectivity index (χ3n) is 1.53. The Bertz CT molecular complexity index is 389. The van der Waals surface area contributed by atoms with E-state index < -0.39 is 46.8 Å². The van der Waals surface area contributed by atoms with E-state index in [9.17, 15) is 31.3 Å². The fraction of sp³-hybridized carbons (Fsp3) is 0.714. The molecule has 0 aliphatic heterocycles. The first-order valence-electron chi connectivity index (χ1n) is 4.16. The van der Waals surface area contributed by atoms with Crippen molar-refractivity contribution in [3.05, 3.63) is 0 Å². The van der Waals surface area contributed by atoms with Gasteiger partial charge in [-0.1, -0.05) is 0 Å². The smallest absolute Gasteiger partial charge is 0.367 e. The zero-order valence-electron chi connectivity index (χ0n) is 8.64. The fourth-order valence-electron chi connectivity index (χ4n) is 0.615. The maximum Gasteiger partial charge on any atom is 0.367 e. The van der Waals surface area contributed by atoms with Crippen molar-refractivity contribution in [2.45, 2.75) is 18.1 Å².